The Morgan fingerprint density at radius 2 is 1.79 bits per heavy atom. The number of nitrogens with two attached hydrogens (primary N) is 1. The van der Waals surface area contributed by atoms with Gasteiger partial charge in [0.05, 0.1) is 11.0 Å². The minimum Gasteiger partial charge on any atom is -0.399 e. The standard InChI is InChI=1S/C24H23N5O4S/c25-17-5-1-15(2-6-17)14-26-18-7-10-20(11-8-18)34(31,32)33-19-9-12-21-22(13-19)28-24(27-21)29-23(30)16-3-4-16/h1-2,5-13,16,26H,3-4,14,25H2,(H2,27,28,29,30). The van der Waals surface area contributed by atoms with Gasteiger partial charge in [-0.25, -0.2) is 4.98 Å². The van der Waals surface area contributed by atoms with Gasteiger partial charge in [0.15, 0.2) is 0 Å². The van der Waals surface area contributed by atoms with Crippen LogP contribution in [-0.4, -0.2) is 24.3 Å². The molecule has 1 amide bonds. The molecule has 0 unspecified atom stereocenters. The third-order valence-corrected chi connectivity index (χ3v) is 6.73. The molecule has 9 nitrogen and oxygen atoms in total. The molecule has 0 bridgehead atoms. The molecule has 0 spiro atoms. The third kappa shape index (κ3) is 4.96. The van der Waals surface area contributed by atoms with Crippen LogP contribution in [0.25, 0.3) is 11.0 Å². The Hall–Kier alpha value is -4.05. The van der Waals surface area contributed by atoms with Crippen molar-refractivity contribution in [3.8, 4) is 5.75 Å². The molecule has 1 aliphatic carbocycles. The van der Waals surface area contributed by atoms with E-state index in [2.05, 4.69) is 20.6 Å². The summed E-state index contributed by atoms with van der Waals surface area (Å²) in [5.74, 6) is 0.444. The van der Waals surface area contributed by atoms with Gasteiger partial charge in [0.1, 0.15) is 10.6 Å². The lowest BCUT2D eigenvalue weighted by Gasteiger charge is -2.09. The zero-order valence-corrected chi connectivity index (χ0v) is 18.9. The summed E-state index contributed by atoms with van der Waals surface area (Å²) in [5, 5.41) is 5.98. The molecule has 1 heterocycles. The predicted octanol–water partition coefficient (Wildman–Crippen LogP) is 3.87. The van der Waals surface area contributed by atoms with Crippen molar-refractivity contribution in [3.63, 3.8) is 0 Å². The monoisotopic (exact) mass is 477 g/mol. The molecule has 1 aromatic heterocycles. The number of imidazole rings is 1. The van der Waals surface area contributed by atoms with E-state index in [4.69, 9.17) is 9.92 Å². The molecular weight excluding hydrogens is 454 g/mol. The van der Waals surface area contributed by atoms with E-state index in [1.807, 2.05) is 24.3 Å². The summed E-state index contributed by atoms with van der Waals surface area (Å²) in [7, 11) is -4.04. The van der Waals surface area contributed by atoms with E-state index in [0.29, 0.717) is 29.2 Å². The van der Waals surface area contributed by atoms with Crippen molar-refractivity contribution < 1.29 is 17.4 Å². The number of nitrogen functional groups attached to an aromatic ring is 1. The maximum absolute atomic E-state index is 12.8. The number of H-pyrrole nitrogens is 1. The van der Waals surface area contributed by atoms with Crippen molar-refractivity contribution in [1.29, 1.82) is 0 Å². The largest absolute Gasteiger partial charge is 0.399 e. The van der Waals surface area contributed by atoms with E-state index in [1.165, 1.54) is 24.3 Å². The van der Waals surface area contributed by atoms with Crippen LogP contribution in [0.15, 0.2) is 71.6 Å². The number of nitrogens with one attached hydrogen (secondary N) is 3. The van der Waals surface area contributed by atoms with E-state index in [0.717, 1.165) is 24.1 Å². The molecular formula is C24H23N5O4S. The van der Waals surface area contributed by atoms with Crippen molar-refractivity contribution in [1.82, 2.24) is 9.97 Å². The van der Waals surface area contributed by atoms with Gasteiger partial charge in [-0.3, -0.25) is 10.1 Å². The second-order valence-corrected chi connectivity index (χ2v) is 9.73. The zero-order chi connectivity index (χ0) is 23.7. The number of fused-ring (bicyclic) bond motifs is 1. The highest BCUT2D eigenvalue weighted by atomic mass is 32.2. The fraction of sp³-hybridized carbons (Fsp3) is 0.167. The maximum atomic E-state index is 12.8. The van der Waals surface area contributed by atoms with Gasteiger partial charge >= 0.3 is 10.1 Å². The molecule has 0 atom stereocenters. The minimum atomic E-state index is -4.04. The Balaban J connectivity index is 1.25. The number of aromatic amines is 1. The normalized spacial score (nSPS) is 13.5. The zero-order valence-electron chi connectivity index (χ0n) is 18.1. The van der Waals surface area contributed by atoms with Crippen LogP contribution in [-0.2, 0) is 21.5 Å². The number of anilines is 3. The highest BCUT2D eigenvalue weighted by Gasteiger charge is 2.30. The van der Waals surface area contributed by atoms with Gasteiger partial charge < -0.3 is 20.2 Å². The van der Waals surface area contributed by atoms with E-state index < -0.39 is 10.1 Å². The van der Waals surface area contributed by atoms with Gasteiger partial charge in [-0.15, -0.1) is 0 Å². The molecule has 5 N–H and O–H groups in total. The second-order valence-electron chi connectivity index (χ2n) is 8.18. The number of aromatic nitrogens is 2. The van der Waals surface area contributed by atoms with Gasteiger partial charge in [-0.1, -0.05) is 12.1 Å². The van der Waals surface area contributed by atoms with E-state index in [-0.39, 0.29) is 22.5 Å². The maximum Gasteiger partial charge on any atom is 0.339 e. The van der Waals surface area contributed by atoms with Crippen molar-refractivity contribution in [2.75, 3.05) is 16.4 Å². The highest BCUT2D eigenvalue weighted by molar-refractivity contribution is 7.87. The minimum absolute atomic E-state index is 0.0324. The lowest BCUT2D eigenvalue weighted by molar-refractivity contribution is -0.117. The van der Waals surface area contributed by atoms with E-state index in [9.17, 15) is 13.2 Å². The Bertz CT molecular complexity index is 1440. The summed E-state index contributed by atoms with van der Waals surface area (Å²) >= 11 is 0. The Kier molecular flexibility index (Phi) is 5.58. The van der Waals surface area contributed by atoms with Crippen molar-refractivity contribution in [2.24, 2.45) is 5.92 Å². The van der Waals surface area contributed by atoms with Crippen LogP contribution in [0.1, 0.15) is 18.4 Å². The van der Waals surface area contributed by atoms with Gasteiger partial charge in [-0.2, -0.15) is 8.42 Å². The molecule has 1 fully saturated rings. The fourth-order valence-electron chi connectivity index (χ4n) is 3.41. The summed E-state index contributed by atoms with van der Waals surface area (Å²) in [6, 6.07) is 18.5. The lowest BCUT2D eigenvalue weighted by Crippen LogP contribution is -2.14. The van der Waals surface area contributed by atoms with Crippen LogP contribution in [0.2, 0.25) is 0 Å². The molecule has 0 radical (unpaired) electrons. The molecule has 3 aromatic carbocycles. The summed E-state index contributed by atoms with van der Waals surface area (Å²) in [4.78, 5) is 19.3. The van der Waals surface area contributed by atoms with Crippen LogP contribution in [0.5, 0.6) is 5.75 Å². The van der Waals surface area contributed by atoms with Crippen molar-refractivity contribution >= 4 is 44.4 Å². The topological polar surface area (TPSA) is 139 Å². The number of hydrogen-bond donors (Lipinski definition) is 4. The summed E-state index contributed by atoms with van der Waals surface area (Å²) in [5.41, 5.74) is 9.37. The molecule has 34 heavy (non-hydrogen) atoms. The smallest absolute Gasteiger partial charge is 0.339 e. The van der Waals surface area contributed by atoms with Crippen LogP contribution in [0, 0.1) is 5.92 Å². The number of carbonyl (C=O) groups is 1. The molecule has 1 aliphatic rings. The Morgan fingerprint density at radius 1 is 1.06 bits per heavy atom. The van der Waals surface area contributed by atoms with Gasteiger partial charge in [0, 0.05) is 29.9 Å². The van der Waals surface area contributed by atoms with E-state index in [1.54, 1.807) is 18.2 Å². The number of carbonyl (C=O) groups excluding carboxylic acids is 1. The molecule has 1 saturated carbocycles. The van der Waals surface area contributed by atoms with Gasteiger partial charge in [-0.05, 0) is 66.9 Å². The Labute approximate surface area is 196 Å². The number of rotatable bonds is 8. The lowest BCUT2D eigenvalue weighted by atomic mass is 10.2. The molecule has 0 aliphatic heterocycles. The van der Waals surface area contributed by atoms with Crippen molar-refractivity contribution in [3.05, 3.63) is 72.3 Å². The average molecular weight is 478 g/mol. The molecule has 174 valence electrons. The van der Waals surface area contributed by atoms with Gasteiger partial charge in [0.25, 0.3) is 0 Å². The van der Waals surface area contributed by atoms with Crippen LogP contribution in [0.4, 0.5) is 17.3 Å². The van der Waals surface area contributed by atoms with Crippen molar-refractivity contribution in [2.45, 2.75) is 24.3 Å². The van der Waals surface area contributed by atoms with Crippen LogP contribution in [0.3, 0.4) is 0 Å². The first-order valence-electron chi connectivity index (χ1n) is 10.8. The first-order chi connectivity index (χ1) is 16.4. The third-order valence-electron chi connectivity index (χ3n) is 5.47. The van der Waals surface area contributed by atoms with Crippen LogP contribution >= 0.6 is 0 Å². The first-order valence-corrected chi connectivity index (χ1v) is 12.2. The number of benzene rings is 3. The summed E-state index contributed by atoms with van der Waals surface area (Å²) < 4.78 is 30.8. The molecule has 5 rings (SSSR count). The van der Waals surface area contributed by atoms with Gasteiger partial charge in [0.2, 0.25) is 11.9 Å². The average Bonchev–Trinajstić information content (AvgIpc) is 3.60. The van der Waals surface area contributed by atoms with E-state index >= 15 is 0 Å². The predicted molar refractivity (Wildman–Crippen MR) is 130 cm³/mol. The Morgan fingerprint density at radius 3 is 2.50 bits per heavy atom. The highest BCUT2D eigenvalue weighted by Crippen LogP contribution is 2.30. The molecule has 10 heteroatoms. The number of amides is 1. The molecule has 4 aromatic rings. The second kappa shape index (κ2) is 8.71. The summed E-state index contributed by atoms with van der Waals surface area (Å²) in [6.07, 6.45) is 1.78. The van der Waals surface area contributed by atoms with Crippen LogP contribution < -0.4 is 20.6 Å². The first kappa shape index (κ1) is 21.8. The fourth-order valence-corrected chi connectivity index (χ4v) is 4.34. The SMILES string of the molecule is Nc1ccc(CNc2ccc(S(=O)(=O)Oc3ccc4[nH]c(NC(=O)C5CC5)nc4c3)cc2)cc1. The quantitative estimate of drug-likeness (QED) is 0.223. The number of hydrogen-bond acceptors (Lipinski definition) is 7. The summed E-state index contributed by atoms with van der Waals surface area (Å²) in [6.45, 7) is 0.579. The number of nitrogens with zero attached hydrogens (tertiary/aromatic N) is 1. The molecule has 0 saturated heterocycles.